The predicted octanol–water partition coefficient (Wildman–Crippen LogP) is 4.07. The fraction of sp³-hybridized carbons (Fsp3) is 0.458. The van der Waals surface area contributed by atoms with Gasteiger partial charge in [0.2, 0.25) is 11.7 Å². The Balaban J connectivity index is 1.36. The van der Waals surface area contributed by atoms with Crippen molar-refractivity contribution < 1.29 is 27.8 Å². The van der Waals surface area contributed by atoms with E-state index in [0.717, 1.165) is 18.5 Å². The van der Waals surface area contributed by atoms with E-state index < -0.39 is 18.4 Å². The molecule has 1 N–H and O–H groups in total. The smallest absolute Gasteiger partial charge is 0.310 e. The van der Waals surface area contributed by atoms with Gasteiger partial charge in [0.1, 0.15) is 11.4 Å². The molecular formula is C24H24F2N4O4. The molecule has 8 nitrogen and oxygen atoms in total. The Morgan fingerprint density at radius 1 is 1.21 bits per heavy atom. The second kappa shape index (κ2) is 6.88. The van der Waals surface area contributed by atoms with Crippen LogP contribution in [-0.4, -0.2) is 45.2 Å². The summed E-state index contributed by atoms with van der Waals surface area (Å²) < 4.78 is 46.8. The maximum absolute atomic E-state index is 14.1. The molecule has 4 aliphatic rings. The van der Waals surface area contributed by atoms with Gasteiger partial charge in [-0.3, -0.25) is 9.20 Å². The third-order valence-corrected chi connectivity index (χ3v) is 6.72. The zero-order valence-electron chi connectivity index (χ0n) is 19.0. The summed E-state index contributed by atoms with van der Waals surface area (Å²) in [6.07, 6.45) is 5.18. The van der Waals surface area contributed by atoms with Gasteiger partial charge < -0.3 is 19.5 Å². The van der Waals surface area contributed by atoms with Crippen LogP contribution in [0.1, 0.15) is 55.2 Å². The van der Waals surface area contributed by atoms with E-state index in [-0.39, 0.29) is 39.9 Å². The number of para-hydroxylation sites is 1. The Labute approximate surface area is 194 Å². The number of ether oxygens (including phenoxy) is 3. The van der Waals surface area contributed by atoms with Gasteiger partial charge in [-0.05, 0) is 45.7 Å². The summed E-state index contributed by atoms with van der Waals surface area (Å²) in [5, 5.41) is 2.76. The van der Waals surface area contributed by atoms with Crippen LogP contribution in [0.15, 0.2) is 30.6 Å². The van der Waals surface area contributed by atoms with E-state index in [4.69, 9.17) is 19.2 Å². The van der Waals surface area contributed by atoms with Gasteiger partial charge in [0.05, 0.1) is 35.1 Å². The lowest BCUT2D eigenvalue weighted by Crippen LogP contribution is -2.45. The molecule has 2 saturated heterocycles. The lowest BCUT2D eigenvalue weighted by Gasteiger charge is -2.41. The molecule has 10 heteroatoms. The lowest BCUT2D eigenvalue weighted by atomic mass is 9.62. The first-order valence-electron chi connectivity index (χ1n) is 11.2. The van der Waals surface area contributed by atoms with E-state index in [1.165, 1.54) is 18.2 Å². The molecule has 0 radical (unpaired) electrons. The first kappa shape index (κ1) is 21.3. The van der Waals surface area contributed by atoms with Crippen LogP contribution in [0.3, 0.4) is 0 Å². The van der Waals surface area contributed by atoms with Gasteiger partial charge in [0, 0.05) is 17.8 Å². The van der Waals surface area contributed by atoms with Crippen molar-refractivity contribution in [2.45, 2.75) is 56.7 Å². The molecule has 178 valence electrons. The van der Waals surface area contributed by atoms with Gasteiger partial charge >= 0.3 is 5.92 Å². The largest absolute Gasteiger partial charge is 0.486 e. The maximum Gasteiger partial charge on any atom is 0.310 e. The van der Waals surface area contributed by atoms with Crippen molar-refractivity contribution >= 4 is 17.4 Å². The van der Waals surface area contributed by atoms with E-state index in [2.05, 4.69) is 17.2 Å². The van der Waals surface area contributed by atoms with E-state index in [1.54, 1.807) is 10.6 Å². The summed E-state index contributed by atoms with van der Waals surface area (Å²) in [6.45, 7) is 5.63. The lowest BCUT2D eigenvalue weighted by molar-refractivity contribution is -0.0214. The molecule has 1 aliphatic carbocycles. The normalized spacial score (nSPS) is 26.3. The van der Waals surface area contributed by atoms with Gasteiger partial charge in [-0.25, -0.2) is 4.98 Å². The molecule has 0 unspecified atom stereocenters. The molecule has 5 heterocycles. The minimum atomic E-state index is -3.13. The molecule has 0 atom stereocenters. The third kappa shape index (κ3) is 3.15. The minimum Gasteiger partial charge on any atom is -0.486 e. The number of carbonyl (C=O) groups is 1. The number of halogens is 2. The fourth-order valence-corrected chi connectivity index (χ4v) is 5.30. The van der Waals surface area contributed by atoms with E-state index in [0.29, 0.717) is 18.1 Å². The number of nitrogens with zero attached hydrogens (tertiary/aromatic N) is 3. The molecule has 1 aromatic carbocycles. The van der Waals surface area contributed by atoms with Crippen molar-refractivity contribution in [3.05, 3.63) is 47.4 Å². The molecule has 2 aromatic heterocycles. The molecule has 3 aliphatic heterocycles. The van der Waals surface area contributed by atoms with Crippen LogP contribution >= 0.6 is 0 Å². The summed E-state index contributed by atoms with van der Waals surface area (Å²) in [4.78, 5) is 22.4. The quantitative estimate of drug-likeness (QED) is 0.605. The molecule has 34 heavy (non-hydrogen) atoms. The third-order valence-electron chi connectivity index (χ3n) is 6.72. The van der Waals surface area contributed by atoms with Crippen LogP contribution in [0, 0.1) is 0 Å². The Bertz CT molecular complexity index is 1330. The standard InChI is InChI=1S/C24H24F2N4O4/c1-13(2)34-20-16(27-19(31)14-5-4-6-15-18(14)32-12-24(15,25)26)7-30-8-17(28-21(30)29-20)23-9-22(3,10-23)33-11-23/h4-8,13H,9-12H2,1-3H3,(H,27,31). The number of anilines is 1. The maximum atomic E-state index is 14.1. The molecule has 7 rings (SSSR count). The number of nitrogens with one attached hydrogen (secondary N) is 1. The SMILES string of the molecule is CC(C)Oc1nc2nc(C34COC(C)(C3)C4)cn2cc1NC(=O)c1cccc2c1OCC2(F)F. The molecule has 3 aromatic rings. The van der Waals surface area contributed by atoms with Gasteiger partial charge in [-0.1, -0.05) is 6.07 Å². The Hall–Kier alpha value is -3.27. The Morgan fingerprint density at radius 3 is 2.71 bits per heavy atom. The van der Waals surface area contributed by atoms with Crippen molar-refractivity contribution in [2.75, 3.05) is 18.5 Å². The van der Waals surface area contributed by atoms with Crippen LogP contribution in [-0.2, 0) is 16.1 Å². The van der Waals surface area contributed by atoms with E-state index in [1.807, 2.05) is 20.0 Å². The number of fused-ring (bicyclic) bond motifs is 3. The summed E-state index contributed by atoms with van der Waals surface area (Å²) in [7, 11) is 0. The van der Waals surface area contributed by atoms with Crippen molar-refractivity contribution in [2.24, 2.45) is 0 Å². The summed E-state index contributed by atoms with van der Waals surface area (Å²) in [5.74, 6) is -3.19. The zero-order valence-corrected chi connectivity index (χ0v) is 19.0. The molecule has 2 bridgehead atoms. The Morgan fingerprint density at radius 2 is 2.00 bits per heavy atom. The second-order valence-electron chi connectivity index (χ2n) is 9.96. The summed E-state index contributed by atoms with van der Waals surface area (Å²) in [5.41, 5.74) is 0.729. The number of benzene rings is 1. The highest BCUT2D eigenvalue weighted by molar-refractivity contribution is 6.07. The number of hydrogen-bond acceptors (Lipinski definition) is 6. The number of rotatable bonds is 5. The fourth-order valence-electron chi connectivity index (χ4n) is 5.30. The molecular weight excluding hydrogens is 446 g/mol. The van der Waals surface area contributed by atoms with Crippen LogP contribution in [0.2, 0.25) is 0 Å². The van der Waals surface area contributed by atoms with Crippen LogP contribution in [0.4, 0.5) is 14.5 Å². The van der Waals surface area contributed by atoms with Gasteiger partial charge in [-0.2, -0.15) is 13.8 Å². The number of amides is 1. The topological polar surface area (TPSA) is 87.0 Å². The highest BCUT2D eigenvalue weighted by Crippen LogP contribution is 2.58. The molecule has 0 spiro atoms. The van der Waals surface area contributed by atoms with Crippen molar-refractivity contribution in [1.82, 2.24) is 14.4 Å². The highest BCUT2D eigenvalue weighted by atomic mass is 19.3. The van der Waals surface area contributed by atoms with Gasteiger partial charge in [0.15, 0.2) is 6.61 Å². The Kier molecular flexibility index (Phi) is 4.30. The summed E-state index contributed by atoms with van der Waals surface area (Å²) in [6, 6.07) is 4.14. The second-order valence-corrected chi connectivity index (χ2v) is 9.96. The average Bonchev–Trinajstić information content (AvgIpc) is 3.48. The monoisotopic (exact) mass is 470 g/mol. The first-order valence-corrected chi connectivity index (χ1v) is 11.2. The van der Waals surface area contributed by atoms with Crippen LogP contribution in [0.5, 0.6) is 11.6 Å². The van der Waals surface area contributed by atoms with E-state index >= 15 is 0 Å². The first-order chi connectivity index (χ1) is 16.1. The van der Waals surface area contributed by atoms with Crippen LogP contribution < -0.4 is 14.8 Å². The number of imidazole rings is 1. The number of hydrogen-bond donors (Lipinski definition) is 1. The minimum absolute atomic E-state index is 0.0207. The molecule has 3 fully saturated rings. The van der Waals surface area contributed by atoms with Crippen molar-refractivity contribution in [3.8, 4) is 11.6 Å². The number of alkyl halides is 2. The zero-order chi connectivity index (χ0) is 23.9. The van der Waals surface area contributed by atoms with Crippen molar-refractivity contribution in [1.29, 1.82) is 0 Å². The van der Waals surface area contributed by atoms with Crippen LogP contribution in [0.25, 0.3) is 5.78 Å². The number of carbonyl (C=O) groups excluding carboxylic acids is 1. The highest BCUT2D eigenvalue weighted by Gasteiger charge is 2.61. The van der Waals surface area contributed by atoms with Crippen molar-refractivity contribution in [3.63, 3.8) is 0 Å². The number of aromatic nitrogens is 3. The average molecular weight is 470 g/mol. The molecule has 1 amide bonds. The predicted molar refractivity (Wildman–Crippen MR) is 118 cm³/mol. The van der Waals surface area contributed by atoms with Gasteiger partial charge in [0.25, 0.3) is 5.91 Å². The summed E-state index contributed by atoms with van der Waals surface area (Å²) >= 11 is 0. The molecule has 1 saturated carbocycles. The van der Waals surface area contributed by atoms with E-state index in [9.17, 15) is 13.6 Å². The van der Waals surface area contributed by atoms with Gasteiger partial charge in [-0.15, -0.1) is 0 Å².